The van der Waals surface area contributed by atoms with Gasteiger partial charge in [-0.15, -0.1) is 0 Å². The van der Waals surface area contributed by atoms with Gasteiger partial charge >= 0.3 is 0 Å². The summed E-state index contributed by atoms with van der Waals surface area (Å²) in [6, 6.07) is 10.2. The van der Waals surface area contributed by atoms with Gasteiger partial charge in [-0.3, -0.25) is 14.7 Å². The van der Waals surface area contributed by atoms with Gasteiger partial charge < -0.3 is 5.32 Å². The third-order valence-electron chi connectivity index (χ3n) is 3.52. The average Bonchev–Trinajstić information content (AvgIpc) is 3.20. The van der Waals surface area contributed by atoms with Crippen LogP contribution < -0.4 is 10.9 Å². The van der Waals surface area contributed by atoms with Gasteiger partial charge in [-0.05, 0) is 18.2 Å². The molecular weight excluding hydrogens is 296 g/mol. The van der Waals surface area contributed by atoms with Crippen molar-refractivity contribution in [3.05, 3.63) is 70.5 Å². The van der Waals surface area contributed by atoms with Crippen LogP contribution in [0.15, 0.2) is 53.6 Å². The Morgan fingerprint density at radius 3 is 3.09 bits per heavy atom. The maximum absolute atomic E-state index is 12.3. The largest absolute Gasteiger partial charge is 0.345 e. The predicted octanol–water partition coefficient (Wildman–Crippen LogP) is 0.600. The molecule has 4 rings (SSSR count). The molecule has 0 unspecified atom stereocenters. The number of nitrogens with one attached hydrogen (secondary N) is 2. The number of H-pyrrole nitrogens is 1. The summed E-state index contributed by atoms with van der Waals surface area (Å²) in [6.07, 6.45) is 3.26. The fourth-order valence-corrected chi connectivity index (χ4v) is 2.45. The van der Waals surface area contributed by atoms with Crippen molar-refractivity contribution in [2.24, 2.45) is 0 Å². The van der Waals surface area contributed by atoms with Crippen LogP contribution in [0.25, 0.3) is 11.2 Å². The van der Waals surface area contributed by atoms with Gasteiger partial charge in [0.2, 0.25) is 0 Å². The van der Waals surface area contributed by atoms with Crippen molar-refractivity contribution in [3.63, 3.8) is 0 Å². The SMILES string of the molecule is O=C(NCc1cc(=O)n2[nH]ccc2n1)c1cccc2ccnn12. The molecule has 0 atom stereocenters. The maximum Gasteiger partial charge on any atom is 0.272 e. The predicted molar refractivity (Wildman–Crippen MR) is 82.2 cm³/mol. The summed E-state index contributed by atoms with van der Waals surface area (Å²) in [5.74, 6) is -0.282. The summed E-state index contributed by atoms with van der Waals surface area (Å²) in [7, 11) is 0. The molecule has 0 radical (unpaired) electrons. The topological polar surface area (TPSA) is 96.6 Å². The van der Waals surface area contributed by atoms with Crippen LogP contribution in [0, 0.1) is 0 Å². The number of pyridine rings is 1. The second-order valence-electron chi connectivity index (χ2n) is 5.00. The number of aromatic nitrogens is 5. The van der Waals surface area contributed by atoms with E-state index < -0.39 is 0 Å². The molecule has 8 nitrogen and oxygen atoms in total. The zero-order valence-electron chi connectivity index (χ0n) is 11.9. The number of amides is 1. The minimum atomic E-state index is -0.282. The highest BCUT2D eigenvalue weighted by atomic mass is 16.2. The van der Waals surface area contributed by atoms with Crippen LogP contribution >= 0.6 is 0 Å². The van der Waals surface area contributed by atoms with E-state index in [1.165, 1.54) is 10.6 Å². The molecule has 0 aliphatic heterocycles. The Morgan fingerprint density at radius 1 is 1.26 bits per heavy atom. The first-order valence-corrected chi connectivity index (χ1v) is 6.99. The Hall–Kier alpha value is -3.42. The van der Waals surface area contributed by atoms with Crippen molar-refractivity contribution in [3.8, 4) is 0 Å². The zero-order valence-corrected chi connectivity index (χ0v) is 11.9. The van der Waals surface area contributed by atoms with Crippen LogP contribution in [0.4, 0.5) is 0 Å². The van der Waals surface area contributed by atoms with Crippen LogP contribution in [0.1, 0.15) is 16.2 Å². The van der Waals surface area contributed by atoms with Gasteiger partial charge in [-0.1, -0.05) is 6.07 Å². The first-order valence-electron chi connectivity index (χ1n) is 6.99. The van der Waals surface area contributed by atoms with Crippen molar-refractivity contribution in [2.45, 2.75) is 6.54 Å². The van der Waals surface area contributed by atoms with Crippen molar-refractivity contribution in [2.75, 3.05) is 0 Å². The molecule has 8 heteroatoms. The molecule has 0 spiro atoms. The first-order chi connectivity index (χ1) is 11.2. The molecule has 0 bridgehead atoms. The van der Waals surface area contributed by atoms with E-state index in [0.717, 1.165) is 5.52 Å². The fourth-order valence-electron chi connectivity index (χ4n) is 2.45. The van der Waals surface area contributed by atoms with E-state index in [4.69, 9.17) is 0 Å². The number of fused-ring (bicyclic) bond motifs is 2. The summed E-state index contributed by atoms with van der Waals surface area (Å²) in [5, 5.41) is 9.65. The molecule has 0 aromatic carbocycles. The van der Waals surface area contributed by atoms with Crippen LogP contribution in [0.2, 0.25) is 0 Å². The summed E-state index contributed by atoms with van der Waals surface area (Å²) in [6.45, 7) is 0.160. The lowest BCUT2D eigenvalue weighted by molar-refractivity contribution is 0.0943. The molecule has 114 valence electrons. The minimum absolute atomic E-state index is 0.160. The normalized spacial score (nSPS) is 11.1. The molecular formula is C15H12N6O2. The second-order valence-corrected chi connectivity index (χ2v) is 5.00. The van der Waals surface area contributed by atoms with Gasteiger partial charge in [0, 0.05) is 18.3 Å². The molecule has 0 aliphatic rings. The van der Waals surface area contributed by atoms with Gasteiger partial charge in [0.15, 0.2) is 5.65 Å². The minimum Gasteiger partial charge on any atom is -0.345 e. The van der Waals surface area contributed by atoms with Gasteiger partial charge in [0.05, 0.1) is 24.0 Å². The quantitative estimate of drug-likeness (QED) is 0.579. The third-order valence-corrected chi connectivity index (χ3v) is 3.52. The zero-order chi connectivity index (χ0) is 15.8. The van der Waals surface area contributed by atoms with Crippen LogP contribution in [0.3, 0.4) is 0 Å². The van der Waals surface area contributed by atoms with E-state index in [2.05, 4.69) is 20.5 Å². The molecule has 0 aliphatic carbocycles. The molecule has 4 aromatic rings. The molecule has 2 N–H and O–H groups in total. The number of hydrogen-bond donors (Lipinski definition) is 2. The molecule has 0 saturated carbocycles. The monoisotopic (exact) mass is 308 g/mol. The summed E-state index contributed by atoms with van der Waals surface area (Å²) in [4.78, 5) is 28.5. The van der Waals surface area contributed by atoms with Crippen molar-refractivity contribution >= 4 is 17.1 Å². The van der Waals surface area contributed by atoms with Crippen LogP contribution in [-0.2, 0) is 6.54 Å². The Kier molecular flexibility index (Phi) is 2.94. The highest BCUT2D eigenvalue weighted by Crippen LogP contribution is 2.06. The smallest absolute Gasteiger partial charge is 0.272 e. The van der Waals surface area contributed by atoms with Gasteiger partial charge in [-0.2, -0.15) is 5.10 Å². The van der Waals surface area contributed by atoms with E-state index in [-0.39, 0.29) is 18.0 Å². The van der Waals surface area contributed by atoms with Gasteiger partial charge in [0.25, 0.3) is 11.5 Å². The summed E-state index contributed by atoms with van der Waals surface area (Å²) >= 11 is 0. The van der Waals surface area contributed by atoms with Crippen LogP contribution in [0.5, 0.6) is 0 Å². The molecule has 1 amide bonds. The molecule has 0 saturated heterocycles. The Labute approximate surface area is 129 Å². The average molecular weight is 308 g/mol. The second kappa shape index (κ2) is 5.09. The molecule has 4 heterocycles. The lowest BCUT2D eigenvalue weighted by atomic mass is 10.3. The Balaban J connectivity index is 1.59. The van der Waals surface area contributed by atoms with E-state index in [0.29, 0.717) is 17.0 Å². The van der Waals surface area contributed by atoms with Crippen molar-refractivity contribution in [1.82, 2.24) is 29.5 Å². The molecule has 0 fully saturated rings. The molecule has 4 aromatic heterocycles. The van der Waals surface area contributed by atoms with E-state index >= 15 is 0 Å². The number of aromatic amines is 1. The van der Waals surface area contributed by atoms with Crippen molar-refractivity contribution in [1.29, 1.82) is 0 Å². The lowest BCUT2D eigenvalue weighted by Gasteiger charge is -2.06. The number of hydrogen-bond acceptors (Lipinski definition) is 4. The highest BCUT2D eigenvalue weighted by Gasteiger charge is 2.11. The van der Waals surface area contributed by atoms with E-state index in [1.807, 2.05) is 12.1 Å². The fraction of sp³-hybridized carbons (Fsp3) is 0.0667. The van der Waals surface area contributed by atoms with Crippen LogP contribution in [-0.4, -0.2) is 30.1 Å². The number of nitrogens with zero attached hydrogens (tertiary/aromatic N) is 4. The Bertz CT molecular complexity index is 1070. The molecule has 23 heavy (non-hydrogen) atoms. The van der Waals surface area contributed by atoms with E-state index in [1.54, 1.807) is 35.1 Å². The van der Waals surface area contributed by atoms with Gasteiger partial charge in [0.1, 0.15) is 5.69 Å². The van der Waals surface area contributed by atoms with Crippen molar-refractivity contribution < 1.29 is 4.79 Å². The number of carbonyl (C=O) groups excluding carboxylic acids is 1. The summed E-state index contributed by atoms with van der Waals surface area (Å²) in [5.41, 5.74) is 2.04. The summed E-state index contributed by atoms with van der Waals surface area (Å²) < 4.78 is 2.89. The number of rotatable bonds is 3. The maximum atomic E-state index is 12.3. The third kappa shape index (κ3) is 2.26. The van der Waals surface area contributed by atoms with Gasteiger partial charge in [-0.25, -0.2) is 14.0 Å². The standard InChI is InChI=1S/C15H12N6O2/c22-14-8-10(19-13-5-7-18-21(13)14)9-16-15(23)12-3-1-2-11-4-6-17-20(11)12/h1-8,18H,9H2,(H,16,23). The number of carbonyl (C=O) groups is 1. The lowest BCUT2D eigenvalue weighted by Crippen LogP contribution is -2.27. The van der Waals surface area contributed by atoms with E-state index in [9.17, 15) is 9.59 Å². The highest BCUT2D eigenvalue weighted by molar-refractivity contribution is 5.93. The Morgan fingerprint density at radius 2 is 2.17 bits per heavy atom. The first kappa shape index (κ1) is 13.3.